The Labute approximate surface area is 99.8 Å². The zero-order valence-corrected chi connectivity index (χ0v) is 10.6. The lowest BCUT2D eigenvalue weighted by Crippen LogP contribution is -2.27. The van der Waals surface area contributed by atoms with Gasteiger partial charge in [-0.25, -0.2) is 4.79 Å². The summed E-state index contributed by atoms with van der Waals surface area (Å²) in [4.78, 5) is 16.2. The molecule has 0 amide bonds. The van der Waals surface area contributed by atoms with Crippen LogP contribution in [-0.4, -0.2) is 42.2 Å². The summed E-state index contributed by atoms with van der Waals surface area (Å²) in [6.07, 6.45) is 1.69. The molecule has 0 bridgehead atoms. The van der Waals surface area contributed by atoms with Gasteiger partial charge in [-0.15, -0.1) is 0 Å². The van der Waals surface area contributed by atoms with Crippen LogP contribution in [0, 0.1) is 6.92 Å². The Hall–Kier alpha value is -1.56. The Morgan fingerprint density at radius 1 is 1.56 bits per heavy atom. The minimum absolute atomic E-state index is 0.386. The average molecular weight is 241 g/mol. The van der Waals surface area contributed by atoms with Crippen molar-refractivity contribution in [2.45, 2.75) is 6.92 Å². The van der Waals surface area contributed by atoms with Gasteiger partial charge in [0, 0.05) is 26.0 Å². The first kappa shape index (κ1) is 12.5. The van der Waals surface area contributed by atoms with E-state index >= 15 is 0 Å². The minimum Gasteiger partial charge on any atom is -0.465 e. The number of carbonyl (C=O) groups excluding carboxylic acids is 1. The van der Waals surface area contributed by atoms with Crippen molar-refractivity contribution in [3.63, 3.8) is 0 Å². The zero-order chi connectivity index (χ0) is 12.3. The molecule has 0 radical (unpaired) electrons. The number of methoxy groups -OCH3 is 1. The van der Waals surface area contributed by atoms with Gasteiger partial charge in [0.1, 0.15) is 5.56 Å². The molecule has 6 heteroatoms. The summed E-state index contributed by atoms with van der Waals surface area (Å²) in [5.74, 6) is -0.386. The van der Waals surface area contributed by atoms with Crippen LogP contribution in [0.25, 0.3) is 0 Å². The number of aryl methyl sites for hydroxylation is 1. The number of hydrogen-bond donors (Lipinski definition) is 2. The second-order valence-electron chi connectivity index (χ2n) is 3.52. The van der Waals surface area contributed by atoms with Crippen molar-refractivity contribution in [2.24, 2.45) is 0 Å². The predicted octanol–water partition coefficient (Wildman–Crippen LogP) is 1.37. The number of anilines is 1. The topological polar surface area (TPSA) is 57.4 Å². The number of carbonyl (C=O) groups is 1. The molecular weight excluding hydrogens is 226 g/mol. The lowest BCUT2D eigenvalue weighted by molar-refractivity contribution is 0.0601. The van der Waals surface area contributed by atoms with Crippen molar-refractivity contribution in [3.05, 3.63) is 17.5 Å². The number of aromatic nitrogens is 1. The van der Waals surface area contributed by atoms with Gasteiger partial charge in [-0.3, -0.25) is 0 Å². The molecule has 0 atom stereocenters. The SMILES string of the molecule is COC(=O)c1c(NC(=S)N(C)C)c[nH]c1C. The standard InChI is InChI=1S/C10H15N3O2S/c1-6-8(9(14)15-4)7(5-11-6)12-10(16)13(2)3/h5,11H,1-4H3,(H,12,16). The summed E-state index contributed by atoms with van der Waals surface area (Å²) in [5, 5.41) is 3.50. The Kier molecular flexibility index (Phi) is 3.89. The van der Waals surface area contributed by atoms with Crippen molar-refractivity contribution in [2.75, 3.05) is 26.5 Å². The highest BCUT2D eigenvalue weighted by Crippen LogP contribution is 2.20. The second kappa shape index (κ2) is 4.98. The summed E-state index contributed by atoms with van der Waals surface area (Å²) in [5.41, 5.74) is 1.85. The summed E-state index contributed by atoms with van der Waals surface area (Å²) in [7, 11) is 5.00. The largest absolute Gasteiger partial charge is 0.465 e. The summed E-state index contributed by atoms with van der Waals surface area (Å²) in [6.45, 7) is 1.80. The second-order valence-corrected chi connectivity index (χ2v) is 3.91. The number of ether oxygens (including phenoxy) is 1. The molecule has 0 aliphatic heterocycles. The molecule has 1 aromatic rings. The van der Waals surface area contributed by atoms with E-state index in [9.17, 15) is 4.79 Å². The van der Waals surface area contributed by atoms with E-state index in [0.717, 1.165) is 5.69 Å². The monoisotopic (exact) mass is 241 g/mol. The van der Waals surface area contributed by atoms with E-state index in [2.05, 4.69) is 10.3 Å². The van der Waals surface area contributed by atoms with Gasteiger partial charge in [-0.1, -0.05) is 0 Å². The van der Waals surface area contributed by atoms with Gasteiger partial charge in [-0.05, 0) is 19.1 Å². The summed E-state index contributed by atoms with van der Waals surface area (Å²) in [6, 6.07) is 0. The van der Waals surface area contributed by atoms with Crippen molar-refractivity contribution >= 4 is 29.0 Å². The summed E-state index contributed by atoms with van der Waals surface area (Å²) < 4.78 is 4.70. The molecule has 2 N–H and O–H groups in total. The van der Waals surface area contributed by atoms with Gasteiger partial charge in [0.2, 0.25) is 0 Å². The van der Waals surface area contributed by atoms with Crippen LogP contribution in [-0.2, 0) is 4.74 Å². The third-order valence-electron chi connectivity index (χ3n) is 2.11. The maximum absolute atomic E-state index is 11.5. The minimum atomic E-state index is -0.386. The maximum atomic E-state index is 11.5. The molecule has 0 aliphatic rings. The van der Waals surface area contributed by atoms with E-state index in [0.29, 0.717) is 16.4 Å². The van der Waals surface area contributed by atoms with Crippen LogP contribution >= 0.6 is 12.2 Å². The van der Waals surface area contributed by atoms with Crippen molar-refractivity contribution in [1.29, 1.82) is 0 Å². The molecule has 5 nitrogen and oxygen atoms in total. The molecule has 0 saturated heterocycles. The maximum Gasteiger partial charge on any atom is 0.341 e. The van der Waals surface area contributed by atoms with Gasteiger partial charge < -0.3 is 19.9 Å². The van der Waals surface area contributed by atoms with E-state index in [1.165, 1.54) is 7.11 Å². The van der Waals surface area contributed by atoms with Crippen molar-refractivity contribution in [1.82, 2.24) is 9.88 Å². The molecular formula is C10H15N3O2S. The average Bonchev–Trinajstić information content (AvgIpc) is 2.58. The molecule has 1 rings (SSSR count). The predicted molar refractivity (Wildman–Crippen MR) is 66.8 cm³/mol. The van der Waals surface area contributed by atoms with Gasteiger partial charge in [0.25, 0.3) is 0 Å². The quantitative estimate of drug-likeness (QED) is 0.605. The highest BCUT2D eigenvalue weighted by atomic mass is 32.1. The number of nitrogens with zero attached hydrogens (tertiary/aromatic N) is 1. The first-order valence-corrected chi connectivity index (χ1v) is 5.12. The lowest BCUT2D eigenvalue weighted by Gasteiger charge is -2.15. The highest BCUT2D eigenvalue weighted by Gasteiger charge is 2.17. The first-order chi connectivity index (χ1) is 7.47. The highest BCUT2D eigenvalue weighted by molar-refractivity contribution is 7.80. The van der Waals surface area contributed by atoms with Crippen LogP contribution in [0.5, 0.6) is 0 Å². The fourth-order valence-electron chi connectivity index (χ4n) is 1.22. The van der Waals surface area contributed by atoms with Crippen LogP contribution in [0.4, 0.5) is 5.69 Å². The van der Waals surface area contributed by atoms with Crippen LogP contribution in [0.15, 0.2) is 6.20 Å². The number of thiocarbonyl (C=S) groups is 1. The molecule has 16 heavy (non-hydrogen) atoms. The molecule has 0 saturated carbocycles. The molecule has 0 fully saturated rings. The number of hydrogen-bond acceptors (Lipinski definition) is 3. The number of H-pyrrole nitrogens is 1. The summed E-state index contributed by atoms with van der Waals surface area (Å²) >= 11 is 5.10. The number of rotatable bonds is 2. The molecule has 1 aromatic heterocycles. The molecule has 88 valence electrons. The Balaban J connectivity index is 2.97. The van der Waals surface area contributed by atoms with Gasteiger partial charge in [-0.2, -0.15) is 0 Å². The Morgan fingerprint density at radius 3 is 2.69 bits per heavy atom. The fraction of sp³-hybridized carbons (Fsp3) is 0.400. The van der Waals surface area contributed by atoms with E-state index in [1.54, 1.807) is 18.0 Å². The van der Waals surface area contributed by atoms with E-state index < -0.39 is 0 Å². The molecule has 1 heterocycles. The number of esters is 1. The van der Waals surface area contributed by atoms with Crippen LogP contribution in [0.2, 0.25) is 0 Å². The van der Waals surface area contributed by atoms with Crippen molar-refractivity contribution in [3.8, 4) is 0 Å². The van der Waals surface area contributed by atoms with Gasteiger partial charge >= 0.3 is 5.97 Å². The number of aromatic amines is 1. The van der Waals surface area contributed by atoms with E-state index in [4.69, 9.17) is 17.0 Å². The first-order valence-electron chi connectivity index (χ1n) is 4.72. The molecule has 0 aliphatic carbocycles. The van der Waals surface area contributed by atoms with Crippen molar-refractivity contribution < 1.29 is 9.53 Å². The van der Waals surface area contributed by atoms with Gasteiger partial charge in [0.15, 0.2) is 5.11 Å². The van der Waals surface area contributed by atoms with Gasteiger partial charge in [0.05, 0.1) is 12.8 Å². The van der Waals surface area contributed by atoms with E-state index in [1.807, 2.05) is 14.1 Å². The fourth-order valence-corrected chi connectivity index (χ4v) is 1.33. The smallest absolute Gasteiger partial charge is 0.341 e. The third kappa shape index (κ3) is 2.52. The Bertz CT molecular complexity index is 412. The third-order valence-corrected chi connectivity index (χ3v) is 2.58. The van der Waals surface area contributed by atoms with E-state index in [-0.39, 0.29) is 5.97 Å². The molecule has 0 spiro atoms. The van der Waals surface area contributed by atoms with Crippen LogP contribution in [0.1, 0.15) is 16.1 Å². The van der Waals surface area contributed by atoms with Crippen LogP contribution < -0.4 is 5.32 Å². The molecule has 0 aromatic carbocycles. The zero-order valence-electron chi connectivity index (χ0n) is 9.75. The van der Waals surface area contributed by atoms with Crippen LogP contribution in [0.3, 0.4) is 0 Å². The molecule has 0 unspecified atom stereocenters. The lowest BCUT2D eigenvalue weighted by atomic mass is 10.2. The number of nitrogens with one attached hydrogen (secondary N) is 2. The normalized spacial score (nSPS) is 9.75. The Morgan fingerprint density at radius 2 is 2.19 bits per heavy atom.